The number of ether oxygens (including phenoxy) is 4. The van der Waals surface area contributed by atoms with Crippen molar-refractivity contribution in [3.63, 3.8) is 0 Å². The third-order valence-electron chi connectivity index (χ3n) is 5.08. The van der Waals surface area contributed by atoms with Crippen molar-refractivity contribution in [1.82, 2.24) is 0 Å². The number of carbonyl (C=O) groups is 1. The summed E-state index contributed by atoms with van der Waals surface area (Å²) in [6.45, 7) is 0. The minimum Gasteiger partial charge on any atom is -0.495 e. The second-order valence-electron chi connectivity index (χ2n) is 7.17. The molecule has 176 valence electrons. The summed E-state index contributed by atoms with van der Waals surface area (Å²) in [6, 6.07) is 16.5. The van der Waals surface area contributed by atoms with Gasteiger partial charge in [-0.3, -0.25) is 4.79 Å². The fourth-order valence-corrected chi connectivity index (χ4v) is 3.37. The third-order valence-corrected chi connectivity index (χ3v) is 5.08. The number of hydrogen-bond donors (Lipinski definition) is 2. The Labute approximate surface area is 199 Å². The lowest BCUT2D eigenvalue weighted by Gasteiger charge is -2.13. The van der Waals surface area contributed by atoms with Crippen molar-refractivity contribution in [3.8, 4) is 23.0 Å². The van der Waals surface area contributed by atoms with Crippen LogP contribution in [0.5, 0.6) is 23.0 Å². The number of hydrogen-bond acceptors (Lipinski definition) is 6. The average Bonchev–Trinajstić information content (AvgIpc) is 2.86. The summed E-state index contributed by atoms with van der Waals surface area (Å²) >= 11 is 0. The van der Waals surface area contributed by atoms with E-state index in [1.807, 2.05) is 54.6 Å². The number of para-hydroxylation sites is 2. The maximum Gasteiger partial charge on any atom is 0.248 e. The first-order chi connectivity index (χ1) is 16.5. The predicted octanol–water partition coefficient (Wildman–Crippen LogP) is 5.13. The molecule has 0 spiro atoms. The van der Waals surface area contributed by atoms with Crippen LogP contribution in [0.25, 0.3) is 18.2 Å². The van der Waals surface area contributed by atoms with Gasteiger partial charge in [0.25, 0.3) is 0 Å². The molecule has 0 radical (unpaired) electrons. The van der Waals surface area contributed by atoms with Crippen molar-refractivity contribution in [2.24, 2.45) is 0 Å². The number of nitrogens with two attached hydrogens (primary N) is 1. The van der Waals surface area contributed by atoms with Crippen LogP contribution in [0.15, 0.2) is 60.7 Å². The van der Waals surface area contributed by atoms with Crippen LogP contribution in [-0.2, 0) is 4.79 Å². The molecule has 0 atom stereocenters. The number of methoxy groups -OCH3 is 4. The van der Waals surface area contributed by atoms with Gasteiger partial charge < -0.3 is 30.0 Å². The van der Waals surface area contributed by atoms with Gasteiger partial charge in [0, 0.05) is 17.3 Å². The molecule has 1 amide bonds. The van der Waals surface area contributed by atoms with Crippen LogP contribution in [0.3, 0.4) is 0 Å². The van der Waals surface area contributed by atoms with Crippen molar-refractivity contribution in [3.05, 3.63) is 77.4 Å². The summed E-state index contributed by atoms with van der Waals surface area (Å²) in [5.41, 5.74) is 9.44. The first-order valence-corrected chi connectivity index (χ1v) is 10.5. The molecule has 0 aromatic heterocycles. The molecule has 0 bridgehead atoms. The van der Waals surface area contributed by atoms with Gasteiger partial charge in [-0.25, -0.2) is 0 Å². The highest BCUT2D eigenvalue weighted by Crippen LogP contribution is 2.39. The van der Waals surface area contributed by atoms with E-state index in [0.29, 0.717) is 34.4 Å². The van der Waals surface area contributed by atoms with E-state index in [4.69, 9.17) is 24.7 Å². The molecule has 3 aromatic carbocycles. The summed E-state index contributed by atoms with van der Waals surface area (Å²) in [6.07, 6.45) is 6.86. The Morgan fingerprint density at radius 2 is 1.41 bits per heavy atom. The fraction of sp³-hybridized carbons (Fsp3) is 0.148. The number of nitrogens with one attached hydrogen (secondary N) is 1. The molecule has 0 aliphatic rings. The standard InChI is InChI=1S/C27H28N2O5/c1-31-22-11-7-9-20(13-12-18-16-23(32-2)27(34-4)24(17-18)33-3)26(22)29-25(30)15-14-19-8-5-6-10-21(19)28/h5-17H,28H2,1-4H3,(H,29,30)/b13-12?,15-14+. The van der Waals surface area contributed by atoms with E-state index in [2.05, 4.69) is 5.32 Å². The van der Waals surface area contributed by atoms with Crippen LogP contribution >= 0.6 is 0 Å². The van der Waals surface area contributed by atoms with Gasteiger partial charge in [0.1, 0.15) is 5.75 Å². The van der Waals surface area contributed by atoms with Crippen LogP contribution in [0, 0.1) is 0 Å². The summed E-state index contributed by atoms with van der Waals surface area (Å²) in [5, 5.41) is 2.91. The predicted molar refractivity (Wildman–Crippen MR) is 137 cm³/mol. The summed E-state index contributed by atoms with van der Waals surface area (Å²) < 4.78 is 21.7. The monoisotopic (exact) mass is 460 g/mol. The highest BCUT2D eigenvalue weighted by atomic mass is 16.5. The van der Waals surface area contributed by atoms with Crippen molar-refractivity contribution in [2.75, 3.05) is 39.5 Å². The number of nitrogen functional groups attached to an aromatic ring is 1. The zero-order valence-corrected chi connectivity index (χ0v) is 19.6. The number of benzene rings is 3. The fourth-order valence-electron chi connectivity index (χ4n) is 3.37. The molecule has 34 heavy (non-hydrogen) atoms. The molecule has 3 N–H and O–H groups in total. The SMILES string of the molecule is COc1cccc(C=Cc2cc(OC)c(OC)c(OC)c2)c1NC(=O)/C=C/c1ccccc1N. The highest BCUT2D eigenvalue weighted by Gasteiger charge is 2.13. The first-order valence-electron chi connectivity index (χ1n) is 10.5. The zero-order chi connectivity index (χ0) is 24.5. The van der Waals surface area contributed by atoms with Crippen LogP contribution in [0.4, 0.5) is 11.4 Å². The Hall–Kier alpha value is -4.39. The molecule has 7 nitrogen and oxygen atoms in total. The van der Waals surface area contributed by atoms with Crippen molar-refractivity contribution < 1.29 is 23.7 Å². The van der Waals surface area contributed by atoms with E-state index in [0.717, 1.165) is 16.7 Å². The zero-order valence-electron chi connectivity index (χ0n) is 19.6. The van der Waals surface area contributed by atoms with Crippen molar-refractivity contribution in [1.29, 1.82) is 0 Å². The normalized spacial score (nSPS) is 10.9. The van der Waals surface area contributed by atoms with E-state index in [1.54, 1.807) is 46.6 Å². The van der Waals surface area contributed by atoms with Crippen molar-refractivity contribution >= 4 is 35.5 Å². The quantitative estimate of drug-likeness (QED) is 0.261. The molecule has 0 saturated heterocycles. The lowest BCUT2D eigenvalue weighted by molar-refractivity contribution is -0.111. The molecular formula is C27H28N2O5. The average molecular weight is 461 g/mol. The lowest BCUT2D eigenvalue weighted by Crippen LogP contribution is -2.10. The second kappa shape index (κ2) is 11.5. The van der Waals surface area contributed by atoms with Gasteiger partial charge in [0.15, 0.2) is 11.5 Å². The van der Waals surface area contributed by atoms with Crippen molar-refractivity contribution in [2.45, 2.75) is 0 Å². The molecule has 0 aliphatic heterocycles. The smallest absolute Gasteiger partial charge is 0.248 e. The third kappa shape index (κ3) is 5.69. The molecular weight excluding hydrogens is 432 g/mol. The molecule has 3 aromatic rings. The topological polar surface area (TPSA) is 92.0 Å². The molecule has 3 rings (SSSR count). The van der Waals surface area contributed by atoms with Crippen LogP contribution in [0.2, 0.25) is 0 Å². The maximum atomic E-state index is 12.7. The van der Waals surface area contributed by atoms with E-state index in [-0.39, 0.29) is 5.91 Å². The van der Waals surface area contributed by atoms with Gasteiger partial charge in [-0.1, -0.05) is 42.5 Å². The molecule has 0 fully saturated rings. The van der Waals surface area contributed by atoms with Gasteiger partial charge in [0.05, 0.1) is 34.1 Å². The Balaban J connectivity index is 1.90. The van der Waals surface area contributed by atoms with Gasteiger partial charge >= 0.3 is 0 Å². The van der Waals surface area contributed by atoms with E-state index < -0.39 is 0 Å². The largest absolute Gasteiger partial charge is 0.495 e. The number of amides is 1. The summed E-state index contributed by atoms with van der Waals surface area (Å²) in [7, 11) is 6.24. The Morgan fingerprint density at radius 1 is 0.765 bits per heavy atom. The van der Waals surface area contributed by atoms with Crippen LogP contribution in [0.1, 0.15) is 16.7 Å². The first kappa shape index (κ1) is 24.3. The number of rotatable bonds is 9. The molecule has 7 heteroatoms. The molecule has 0 saturated carbocycles. The highest BCUT2D eigenvalue weighted by molar-refractivity contribution is 6.04. The Kier molecular flexibility index (Phi) is 8.18. The molecule has 0 aliphatic carbocycles. The van der Waals surface area contributed by atoms with Crippen LogP contribution < -0.4 is 30.0 Å². The minimum absolute atomic E-state index is 0.310. The summed E-state index contributed by atoms with van der Waals surface area (Å²) in [5.74, 6) is 1.84. The Bertz CT molecular complexity index is 1190. The van der Waals surface area contributed by atoms with Gasteiger partial charge in [0.2, 0.25) is 11.7 Å². The number of anilines is 2. The molecule has 0 heterocycles. The second-order valence-corrected chi connectivity index (χ2v) is 7.17. The van der Waals surface area contributed by atoms with E-state index in [1.165, 1.54) is 6.08 Å². The van der Waals surface area contributed by atoms with E-state index >= 15 is 0 Å². The minimum atomic E-state index is -0.310. The maximum absolute atomic E-state index is 12.7. The Morgan fingerprint density at radius 3 is 2.03 bits per heavy atom. The van der Waals surface area contributed by atoms with Gasteiger partial charge in [-0.2, -0.15) is 0 Å². The van der Waals surface area contributed by atoms with Gasteiger partial charge in [-0.05, 0) is 41.5 Å². The lowest BCUT2D eigenvalue weighted by atomic mass is 10.1. The summed E-state index contributed by atoms with van der Waals surface area (Å²) in [4.78, 5) is 12.7. The van der Waals surface area contributed by atoms with E-state index in [9.17, 15) is 4.79 Å². The van der Waals surface area contributed by atoms with Gasteiger partial charge in [-0.15, -0.1) is 0 Å². The number of carbonyl (C=O) groups excluding carboxylic acids is 1. The molecule has 0 unspecified atom stereocenters. The van der Waals surface area contributed by atoms with Crippen LogP contribution in [-0.4, -0.2) is 34.3 Å².